The van der Waals surface area contributed by atoms with Crippen molar-refractivity contribution in [1.29, 1.82) is 0 Å². The largest absolute Gasteiger partial charge is 0.480 e. The minimum atomic E-state index is -1.09. The number of carbonyl (C=O) groups is 2. The summed E-state index contributed by atoms with van der Waals surface area (Å²) in [4.78, 5) is 22.4. The van der Waals surface area contributed by atoms with E-state index in [4.69, 9.17) is 9.52 Å². The first-order chi connectivity index (χ1) is 9.08. The van der Waals surface area contributed by atoms with Crippen molar-refractivity contribution < 1.29 is 19.1 Å². The van der Waals surface area contributed by atoms with Gasteiger partial charge in [0.05, 0.1) is 0 Å². The van der Waals surface area contributed by atoms with Crippen molar-refractivity contribution in [2.24, 2.45) is 0 Å². The van der Waals surface area contributed by atoms with E-state index in [-0.39, 0.29) is 0 Å². The van der Waals surface area contributed by atoms with Crippen molar-refractivity contribution in [2.45, 2.75) is 13.0 Å². The molecule has 0 radical (unpaired) electrons. The molecule has 98 valence electrons. The summed E-state index contributed by atoms with van der Waals surface area (Å²) in [5.74, 6) is -1.19. The monoisotopic (exact) mass is 261 g/mol. The van der Waals surface area contributed by atoms with Crippen LogP contribution in [0.1, 0.15) is 17.3 Å². The number of nitrogens with zero attached hydrogens (tertiary/aromatic N) is 2. The highest BCUT2D eigenvalue weighted by molar-refractivity contribution is 5.96. The molecule has 2 rings (SSSR count). The van der Waals surface area contributed by atoms with Crippen molar-refractivity contribution in [1.82, 2.24) is 15.5 Å². The summed E-state index contributed by atoms with van der Waals surface area (Å²) in [6.07, 6.45) is 1.21. The second-order valence-electron chi connectivity index (χ2n) is 3.85. The lowest BCUT2D eigenvalue weighted by atomic mass is 10.1. The number of hydrogen-bond donors (Lipinski definition) is 2. The van der Waals surface area contributed by atoms with Gasteiger partial charge in [0.1, 0.15) is 6.04 Å². The Balaban J connectivity index is 2.10. The molecule has 0 saturated heterocycles. The molecule has 0 aliphatic rings. The van der Waals surface area contributed by atoms with Gasteiger partial charge in [-0.05, 0) is 31.2 Å². The first-order valence-electron chi connectivity index (χ1n) is 5.48. The molecule has 0 fully saturated rings. The molecule has 7 heteroatoms. The van der Waals surface area contributed by atoms with Crippen LogP contribution in [-0.4, -0.2) is 33.2 Å². The molecule has 2 N–H and O–H groups in total. The molecule has 1 aromatic carbocycles. The molecule has 7 nitrogen and oxygen atoms in total. The Labute approximate surface area is 108 Å². The number of aromatic nitrogens is 2. The third kappa shape index (κ3) is 2.95. The smallest absolute Gasteiger partial charge is 0.325 e. The van der Waals surface area contributed by atoms with Crippen LogP contribution in [0.3, 0.4) is 0 Å². The maximum absolute atomic E-state index is 11.7. The van der Waals surface area contributed by atoms with E-state index >= 15 is 0 Å². The second-order valence-corrected chi connectivity index (χ2v) is 3.85. The molecular weight excluding hydrogens is 250 g/mol. The standard InChI is InChI=1S/C12H11N3O4/c1-7(12(17)18)14-10(16)8-2-4-9(5-3-8)11-15-13-6-19-11/h2-7H,1H3,(H,14,16)(H,17,18). The van der Waals surface area contributed by atoms with Gasteiger partial charge in [0.2, 0.25) is 12.3 Å². The van der Waals surface area contributed by atoms with Gasteiger partial charge in [0.15, 0.2) is 0 Å². The van der Waals surface area contributed by atoms with Crippen molar-refractivity contribution in [2.75, 3.05) is 0 Å². The molecule has 19 heavy (non-hydrogen) atoms. The van der Waals surface area contributed by atoms with Crippen LogP contribution < -0.4 is 5.32 Å². The van der Waals surface area contributed by atoms with Crippen LogP contribution in [0, 0.1) is 0 Å². The maximum atomic E-state index is 11.7. The van der Waals surface area contributed by atoms with Gasteiger partial charge in [0.25, 0.3) is 5.91 Å². The topological polar surface area (TPSA) is 105 Å². The number of rotatable bonds is 4. The average Bonchev–Trinajstić information content (AvgIpc) is 2.92. The Morgan fingerprint density at radius 2 is 2.00 bits per heavy atom. The number of aliphatic carboxylic acids is 1. The Bertz CT molecular complexity index is 578. The number of carboxylic acids is 1. The third-order valence-electron chi connectivity index (χ3n) is 2.47. The van der Waals surface area contributed by atoms with Crippen LogP contribution >= 0.6 is 0 Å². The van der Waals surface area contributed by atoms with Gasteiger partial charge in [-0.1, -0.05) is 0 Å². The molecule has 2 aromatic rings. The van der Waals surface area contributed by atoms with E-state index in [1.807, 2.05) is 0 Å². The predicted molar refractivity (Wildman–Crippen MR) is 64.3 cm³/mol. The molecule has 1 aromatic heterocycles. The molecule has 1 atom stereocenters. The number of carboxylic acid groups (broad SMARTS) is 1. The molecule has 0 aliphatic carbocycles. The molecule has 0 bridgehead atoms. The summed E-state index contributed by atoms with van der Waals surface area (Å²) >= 11 is 0. The Kier molecular flexibility index (Phi) is 3.56. The lowest BCUT2D eigenvalue weighted by molar-refractivity contribution is -0.138. The fourth-order valence-electron chi connectivity index (χ4n) is 1.40. The zero-order valence-corrected chi connectivity index (χ0v) is 10.0. The summed E-state index contributed by atoms with van der Waals surface area (Å²) < 4.78 is 5.02. The van der Waals surface area contributed by atoms with Gasteiger partial charge in [-0.15, -0.1) is 10.2 Å². The van der Waals surface area contributed by atoms with Crippen LogP contribution in [0.4, 0.5) is 0 Å². The van der Waals surface area contributed by atoms with E-state index in [9.17, 15) is 9.59 Å². The molecule has 0 spiro atoms. The zero-order valence-electron chi connectivity index (χ0n) is 10.0. The number of hydrogen-bond acceptors (Lipinski definition) is 5. The molecule has 1 heterocycles. The van der Waals surface area contributed by atoms with Gasteiger partial charge in [-0.25, -0.2) is 0 Å². The minimum absolute atomic E-state index is 0.353. The number of benzene rings is 1. The van der Waals surface area contributed by atoms with Crippen molar-refractivity contribution >= 4 is 11.9 Å². The lowest BCUT2D eigenvalue weighted by Gasteiger charge is -2.09. The van der Waals surface area contributed by atoms with Gasteiger partial charge in [0, 0.05) is 11.1 Å². The van der Waals surface area contributed by atoms with Gasteiger partial charge in [-0.3, -0.25) is 9.59 Å². The van der Waals surface area contributed by atoms with Crippen molar-refractivity contribution in [3.8, 4) is 11.5 Å². The minimum Gasteiger partial charge on any atom is -0.480 e. The quantitative estimate of drug-likeness (QED) is 0.848. The average molecular weight is 261 g/mol. The van der Waals surface area contributed by atoms with Crippen molar-refractivity contribution in [3.63, 3.8) is 0 Å². The molecule has 0 saturated carbocycles. The highest BCUT2D eigenvalue weighted by Gasteiger charge is 2.15. The highest BCUT2D eigenvalue weighted by Crippen LogP contribution is 2.16. The summed E-state index contributed by atoms with van der Waals surface area (Å²) in [6.45, 7) is 1.40. The molecule has 1 amide bonds. The van der Waals surface area contributed by atoms with Gasteiger partial charge < -0.3 is 14.8 Å². The molecule has 0 aliphatic heterocycles. The Morgan fingerprint density at radius 3 is 2.53 bits per heavy atom. The summed E-state index contributed by atoms with van der Waals surface area (Å²) in [6, 6.07) is 5.47. The van der Waals surface area contributed by atoms with E-state index in [0.717, 1.165) is 0 Å². The first kappa shape index (κ1) is 12.7. The SMILES string of the molecule is CC(NC(=O)c1ccc(-c2nnco2)cc1)C(=O)O. The number of amides is 1. The summed E-state index contributed by atoms with van der Waals surface area (Å²) in [5, 5.41) is 18.4. The Morgan fingerprint density at radius 1 is 1.32 bits per heavy atom. The van der Waals surface area contributed by atoms with Crippen LogP contribution in [0.5, 0.6) is 0 Å². The normalized spacial score (nSPS) is 11.8. The van der Waals surface area contributed by atoms with Gasteiger partial charge in [-0.2, -0.15) is 0 Å². The van der Waals surface area contributed by atoms with E-state index in [0.29, 0.717) is 17.0 Å². The van der Waals surface area contributed by atoms with Crippen LogP contribution in [0.25, 0.3) is 11.5 Å². The van der Waals surface area contributed by atoms with E-state index in [1.165, 1.54) is 13.3 Å². The van der Waals surface area contributed by atoms with Crippen LogP contribution in [0.2, 0.25) is 0 Å². The fraction of sp³-hybridized carbons (Fsp3) is 0.167. The van der Waals surface area contributed by atoms with Crippen LogP contribution in [-0.2, 0) is 4.79 Å². The first-order valence-corrected chi connectivity index (χ1v) is 5.48. The lowest BCUT2D eigenvalue weighted by Crippen LogP contribution is -2.38. The number of carbonyl (C=O) groups excluding carboxylic acids is 1. The summed E-state index contributed by atoms with van der Waals surface area (Å²) in [5.41, 5.74) is 1.04. The van der Waals surface area contributed by atoms with Gasteiger partial charge >= 0.3 is 5.97 Å². The third-order valence-corrected chi connectivity index (χ3v) is 2.47. The van der Waals surface area contributed by atoms with E-state index in [2.05, 4.69) is 15.5 Å². The maximum Gasteiger partial charge on any atom is 0.325 e. The second kappa shape index (κ2) is 5.30. The molecular formula is C12H11N3O4. The highest BCUT2D eigenvalue weighted by atomic mass is 16.4. The zero-order chi connectivity index (χ0) is 13.8. The van der Waals surface area contributed by atoms with Crippen molar-refractivity contribution in [3.05, 3.63) is 36.2 Å². The van der Waals surface area contributed by atoms with Crippen LogP contribution in [0.15, 0.2) is 35.1 Å². The van der Waals surface area contributed by atoms with E-state index in [1.54, 1.807) is 24.3 Å². The predicted octanol–water partition coefficient (Wildman–Crippen LogP) is 0.940. The summed E-state index contributed by atoms with van der Waals surface area (Å²) in [7, 11) is 0. The fourth-order valence-corrected chi connectivity index (χ4v) is 1.40. The Hall–Kier alpha value is -2.70. The number of nitrogens with one attached hydrogen (secondary N) is 1. The molecule has 1 unspecified atom stereocenters. The van der Waals surface area contributed by atoms with E-state index < -0.39 is 17.9 Å².